The van der Waals surface area contributed by atoms with E-state index in [1.165, 1.54) is 38.5 Å². The summed E-state index contributed by atoms with van der Waals surface area (Å²) in [6.07, 6.45) is 8.15. The second kappa shape index (κ2) is 7.64. The summed E-state index contributed by atoms with van der Waals surface area (Å²) < 4.78 is 0. The number of nitrogens with zero attached hydrogens (tertiary/aromatic N) is 1. The van der Waals surface area contributed by atoms with Crippen LogP contribution in [-0.4, -0.2) is 37.1 Å². The van der Waals surface area contributed by atoms with Crippen molar-refractivity contribution in [1.82, 2.24) is 10.2 Å². The van der Waals surface area contributed by atoms with Crippen LogP contribution in [0.3, 0.4) is 0 Å². The average Bonchev–Trinajstić information content (AvgIpc) is 2.39. The Morgan fingerprint density at radius 1 is 1.16 bits per heavy atom. The normalized spacial score (nSPS) is 26.7. The Hall–Kier alpha value is -0.0800. The van der Waals surface area contributed by atoms with Gasteiger partial charge in [-0.1, -0.05) is 40.5 Å². The number of rotatable bonds is 7. The number of hydrogen-bond acceptors (Lipinski definition) is 2. The molecule has 0 aliphatic heterocycles. The van der Waals surface area contributed by atoms with Crippen molar-refractivity contribution < 1.29 is 0 Å². The molecule has 1 rings (SSSR count). The van der Waals surface area contributed by atoms with E-state index in [9.17, 15) is 0 Å². The van der Waals surface area contributed by atoms with Crippen LogP contribution in [-0.2, 0) is 0 Å². The van der Waals surface area contributed by atoms with Gasteiger partial charge in [-0.3, -0.25) is 0 Å². The maximum absolute atomic E-state index is 3.86. The average molecular weight is 268 g/mol. The lowest BCUT2D eigenvalue weighted by Gasteiger charge is -2.50. The third-order valence-corrected chi connectivity index (χ3v) is 5.57. The van der Waals surface area contributed by atoms with E-state index in [-0.39, 0.29) is 0 Å². The van der Waals surface area contributed by atoms with Gasteiger partial charge in [0.25, 0.3) is 0 Å². The Morgan fingerprint density at radius 3 is 2.21 bits per heavy atom. The van der Waals surface area contributed by atoms with Crippen LogP contribution in [0.5, 0.6) is 0 Å². The van der Waals surface area contributed by atoms with E-state index >= 15 is 0 Å². The highest BCUT2D eigenvalue weighted by Gasteiger charge is 2.42. The SMILES string of the molecule is CCNC(C1CCCC(C)C1)C(CC)(CC)N(C)C. The highest BCUT2D eigenvalue weighted by atomic mass is 15.2. The minimum absolute atomic E-state index is 0.317. The number of likely N-dealkylation sites (N-methyl/N-ethyl adjacent to an activating group) is 2. The molecule has 0 aromatic rings. The van der Waals surface area contributed by atoms with E-state index in [0.717, 1.165) is 18.4 Å². The molecule has 1 saturated carbocycles. The quantitative estimate of drug-likeness (QED) is 0.753. The summed E-state index contributed by atoms with van der Waals surface area (Å²) >= 11 is 0. The first-order chi connectivity index (χ1) is 9.01. The molecular formula is C17H36N2. The Balaban J connectivity index is 2.95. The molecule has 3 atom stereocenters. The van der Waals surface area contributed by atoms with Crippen LogP contribution in [0.25, 0.3) is 0 Å². The van der Waals surface area contributed by atoms with Crippen molar-refractivity contribution in [3.63, 3.8) is 0 Å². The van der Waals surface area contributed by atoms with Gasteiger partial charge in [-0.15, -0.1) is 0 Å². The summed E-state index contributed by atoms with van der Waals surface area (Å²) in [7, 11) is 4.53. The Bertz CT molecular complexity index is 246. The highest BCUT2D eigenvalue weighted by molar-refractivity contribution is 5.01. The second-order valence-electron chi connectivity index (χ2n) is 6.77. The molecule has 1 fully saturated rings. The number of hydrogen-bond donors (Lipinski definition) is 1. The first-order valence-electron chi connectivity index (χ1n) is 8.42. The second-order valence-corrected chi connectivity index (χ2v) is 6.77. The number of nitrogens with one attached hydrogen (secondary N) is 1. The maximum Gasteiger partial charge on any atom is 0.0353 e. The Labute approximate surface area is 121 Å². The van der Waals surface area contributed by atoms with E-state index in [1.54, 1.807) is 0 Å². The largest absolute Gasteiger partial charge is 0.312 e. The van der Waals surface area contributed by atoms with Crippen molar-refractivity contribution in [1.29, 1.82) is 0 Å². The fourth-order valence-corrected chi connectivity index (χ4v) is 4.40. The van der Waals surface area contributed by atoms with E-state index in [1.807, 2.05) is 0 Å². The molecule has 114 valence electrons. The zero-order valence-corrected chi connectivity index (χ0v) is 14.1. The van der Waals surface area contributed by atoms with Crippen molar-refractivity contribution in [2.75, 3.05) is 20.6 Å². The van der Waals surface area contributed by atoms with Gasteiger partial charge in [-0.05, 0) is 58.2 Å². The van der Waals surface area contributed by atoms with Gasteiger partial charge in [0.1, 0.15) is 0 Å². The van der Waals surface area contributed by atoms with Crippen molar-refractivity contribution >= 4 is 0 Å². The fraction of sp³-hybridized carbons (Fsp3) is 1.00. The van der Waals surface area contributed by atoms with E-state index < -0.39 is 0 Å². The monoisotopic (exact) mass is 268 g/mol. The van der Waals surface area contributed by atoms with Gasteiger partial charge in [-0.25, -0.2) is 0 Å². The van der Waals surface area contributed by atoms with Crippen LogP contribution in [0.2, 0.25) is 0 Å². The molecule has 0 radical (unpaired) electrons. The van der Waals surface area contributed by atoms with Crippen LogP contribution >= 0.6 is 0 Å². The first-order valence-corrected chi connectivity index (χ1v) is 8.42. The van der Waals surface area contributed by atoms with Gasteiger partial charge in [0.05, 0.1) is 0 Å². The molecular weight excluding hydrogens is 232 g/mol. The van der Waals surface area contributed by atoms with Crippen LogP contribution in [0, 0.1) is 11.8 Å². The molecule has 0 bridgehead atoms. The molecule has 0 aromatic heterocycles. The molecule has 2 heteroatoms. The summed E-state index contributed by atoms with van der Waals surface area (Å²) in [5.74, 6) is 1.76. The molecule has 0 amide bonds. The minimum atomic E-state index is 0.317. The highest BCUT2D eigenvalue weighted by Crippen LogP contribution is 2.38. The van der Waals surface area contributed by atoms with Crippen LogP contribution < -0.4 is 5.32 Å². The summed E-state index contributed by atoms with van der Waals surface area (Å²) in [5, 5.41) is 3.86. The standard InChI is InChI=1S/C17H36N2/c1-7-17(8-2,19(5)6)16(18-9-3)15-12-10-11-14(4)13-15/h14-16,18H,7-13H2,1-6H3. The van der Waals surface area contributed by atoms with Crippen molar-refractivity contribution in [3.8, 4) is 0 Å². The molecule has 0 spiro atoms. The van der Waals surface area contributed by atoms with Gasteiger partial charge in [0.15, 0.2) is 0 Å². The zero-order valence-electron chi connectivity index (χ0n) is 14.1. The molecule has 1 aliphatic rings. The topological polar surface area (TPSA) is 15.3 Å². The third-order valence-electron chi connectivity index (χ3n) is 5.57. The van der Waals surface area contributed by atoms with E-state index in [2.05, 4.69) is 52.0 Å². The predicted octanol–water partition coefficient (Wildman–Crippen LogP) is 3.91. The summed E-state index contributed by atoms with van der Waals surface area (Å²) in [5.41, 5.74) is 0.317. The van der Waals surface area contributed by atoms with Gasteiger partial charge in [0, 0.05) is 11.6 Å². The molecule has 3 unspecified atom stereocenters. The van der Waals surface area contributed by atoms with E-state index in [0.29, 0.717) is 11.6 Å². The van der Waals surface area contributed by atoms with Gasteiger partial charge >= 0.3 is 0 Å². The molecule has 19 heavy (non-hydrogen) atoms. The molecule has 0 aromatic carbocycles. The molecule has 1 N–H and O–H groups in total. The maximum atomic E-state index is 3.86. The summed E-state index contributed by atoms with van der Waals surface area (Å²) in [4.78, 5) is 2.49. The predicted molar refractivity (Wildman–Crippen MR) is 85.6 cm³/mol. The smallest absolute Gasteiger partial charge is 0.0353 e. The van der Waals surface area contributed by atoms with Crippen LogP contribution in [0.1, 0.15) is 66.2 Å². The summed E-state index contributed by atoms with van der Waals surface area (Å²) in [6.45, 7) is 10.5. The van der Waals surface area contributed by atoms with Crippen molar-refractivity contribution in [3.05, 3.63) is 0 Å². The van der Waals surface area contributed by atoms with Crippen LogP contribution in [0.4, 0.5) is 0 Å². The van der Waals surface area contributed by atoms with Gasteiger partial charge in [-0.2, -0.15) is 0 Å². The lowest BCUT2D eigenvalue weighted by atomic mass is 9.69. The van der Waals surface area contributed by atoms with E-state index in [4.69, 9.17) is 0 Å². The molecule has 0 saturated heterocycles. The lowest BCUT2D eigenvalue weighted by Crippen LogP contribution is -2.61. The molecule has 1 aliphatic carbocycles. The fourth-order valence-electron chi connectivity index (χ4n) is 4.40. The van der Waals surface area contributed by atoms with Crippen LogP contribution in [0.15, 0.2) is 0 Å². The Morgan fingerprint density at radius 2 is 1.79 bits per heavy atom. The Kier molecular flexibility index (Phi) is 6.82. The zero-order chi connectivity index (χ0) is 14.5. The summed E-state index contributed by atoms with van der Waals surface area (Å²) in [6, 6.07) is 0.644. The molecule has 0 heterocycles. The van der Waals surface area contributed by atoms with Gasteiger partial charge < -0.3 is 10.2 Å². The van der Waals surface area contributed by atoms with Crippen molar-refractivity contribution in [2.45, 2.75) is 77.8 Å². The minimum Gasteiger partial charge on any atom is -0.312 e. The van der Waals surface area contributed by atoms with Crippen molar-refractivity contribution in [2.24, 2.45) is 11.8 Å². The van der Waals surface area contributed by atoms with Gasteiger partial charge in [0.2, 0.25) is 0 Å². The lowest BCUT2D eigenvalue weighted by molar-refractivity contribution is 0.0429. The first kappa shape index (κ1) is 17.0. The molecule has 2 nitrogen and oxygen atoms in total. The third kappa shape index (κ3) is 3.72.